The summed E-state index contributed by atoms with van der Waals surface area (Å²) >= 11 is 0. The second-order valence-corrected chi connectivity index (χ2v) is 9.48. The van der Waals surface area contributed by atoms with Gasteiger partial charge in [-0.15, -0.1) is 0 Å². The third-order valence-electron chi connectivity index (χ3n) is 6.92. The van der Waals surface area contributed by atoms with Gasteiger partial charge in [-0.25, -0.2) is 0 Å². The Morgan fingerprint density at radius 2 is 1.75 bits per heavy atom. The minimum Gasteiger partial charge on any atom is -0.353 e. The highest BCUT2D eigenvalue weighted by molar-refractivity contribution is 6.00. The molecular weight excluding hydrogens is 494 g/mol. The van der Waals surface area contributed by atoms with Crippen molar-refractivity contribution in [3.8, 4) is 22.6 Å². The smallest absolute Gasteiger partial charge is 0.116 e. The summed E-state index contributed by atoms with van der Waals surface area (Å²) in [5, 5.41) is 13.3. The lowest BCUT2D eigenvalue weighted by Gasteiger charge is -2.08. The van der Waals surface area contributed by atoms with Gasteiger partial charge in [0.25, 0.3) is 0 Å². The lowest BCUT2D eigenvalue weighted by molar-refractivity contribution is 0.747. The molecule has 6 aromatic rings. The van der Waals surface area contributed by atoms with Crippen LogP contribution in [-0.4, -0.2) is 36.7 Å². The molecule has 196 valence electrons. The molecule has 0 amide bonds. The maximum Gasteiger partial charge on any atom is 0.116 e. The van der Waals surface area contributed by atoms with Crippen molar-refractivity contribution in [3.63, 3.8) is 0 Å². The van der Waals surface area contributed by atoms with Crippen LogP contribution in [0.1, 0.15) is 18.2 Å². The van der Waals surface area contributed by atoms with E-state index in [0.29, 0.717) is 6.54 Å². The number of nitrogens with zero attached hydrogens (tertiary/aromatic N) is 4. The van der Waals surface area contributed by atoms with Gasteiger partial charge in [0.15, 0.2) is 0 Å². The van der Waals surface area contributed by atoms with Crippen molar-refractivity contribution in [2.45, 2.75) is 13.5 Å². The van der Waals surface area contributed by atoms with Crippen LogP contribution in [0.25, 0.3) is 50.0 Å². The van der Waals surface area contributed by atoms with Crippen LogP contribution in [-0.2, 0) is 6.54 Å². The van der Waals surface area contributed by atoms with Gasteiger partial charge in [-0.05, 0) is 60.0 Å². The molecule has 1 aromatic carbocycles. The summed E-state index contributed by atoms with van der Waals surface area (Å²) in [5.74, 6) is 0. The number of hydrogen-bond donors (Lipinski definition) is 3. The fourth-order valence-electron chi connectivity index (χ4n) is 4.84. The molecule has 40 heavy (non-hydrogen) atoms. The van der Waals surface area contributed by atoms with Gasteiger partial charge in [0.1, 0.15) is 5.69 Å². The number of benzene rings is 1. The predicted octanol–water partition coefficient (Wildman–Crippen LogP) is 6.87. The first kappa shape index (κ1) is 25.2. The average Bonchev–Trinajstić information content (AvgIpc) is 3.63. The highest BCUT2D eigenvalue weighted by atomic mass is 15.1. The van der Waals surface area contributed by atoms with Gasteiger partial charge < -0.3 is 10.3 Å². The molecule has 3 N–H and O–H groups in total. The summed E-state index contributed by atoms with van der Waals surface area (Å²) in [7, 11) is 0. The normalized spacial score (nSPS) is 12.3. The van der Waals surface area contributed by atoms with Crippen LogP contribution in [0.5, 0.6) is 0 Å². The van der Waals surface area contributed by atoms with Crippen LogP contribution >= 0.6 is 0 Å². The van der Waals surface area contributed by atoms with Gasteiger partial charge in [-0.2, -0.15) is 5.10 Å². The molecule has 5 heterocycles. The van der Waals surface area contributed by atoms with Crippen LogP contribution in [0.2, 0.25) is 0 Å². The highest BCUT2D eigenvalue weighted by Gasteiger charge is 2.15. The summed E-state index contributed by atoms with van der Waals surface area (Å²) in [6, 6.07) is 20.5. The fraction of sp³-hybridized carbons (Fsp3) is 0.0909. The number of fused-ring (bicyclic) bond motifs is 2. The maximum atomic E-state index is 4.73. The van der Waals surface area contributed by atoms with Gasteiger partial charge >= 0.3 is 0 Å². The number of nitrogens with one attached hydrogen (secondary N) is 3. The Morgan fingerprint density at radius 3 is 2.55 bits per heavy atom. The molecule has 0 atom stereocenters. The predicted molar refractivity (Wildman–Crippen MR) is 162 cm³/mol. The molecule has 6 rings (SSSR count). The average molecular weight is 524 g/mol. The molecule has 0 saturated heterocycles. The Morgan fingerprint density at radius 1 is 0.925 bits per heavy atom. The number of rotatable bonds is 9. The molecule has 0 aliphatic rings. The number of H-pyrrole nitrogens is 2. The van der Waals surface area contributed by atoms with Gasteiger partial charge in [0, 0.05) is 53.5 Å². The third kappa shape index (κ3) is 5.10. The zero-order chi connectivity index (χ0) is 27.3. The number of pyridine rings is 3. The summed E-state index contributed by atoms with van der Waals surface area (Å²) in [6.07, 6.45) is 13.3. The molecular formula is C33H29N7. The van der Waals surface area contributed by atoms with Gasteiger partial charge in [-0.3, -0.25) is 20.1 Å². The largest absolute Gasteiger partial charge is 0.353 e. The highest BCUT2D eigenvalue weighted by Crippen LogP contribution is 2.33. The van der Waals surface area contributed by atoms with E-state index in [2.05, 4.69) is 85.6 Å². The molecule has 0 unspecified atom stereocenters. The Bertz CT molecular complexity index is 1840. The van der Waals surface area contributed by atoms with E-state index in [9.17, 15) is 0 Å². The summed E-state index contributed by atoms with van der Waals surface area (Å²) in [6.45, 7) is 7.55. The van der Waals surface area contributed by atoms with Crippen molar-refractivity contribution in [1.82, 2.24) is 35.5 Å². The molecule has 7 heteroatoms. The van der Waals surface area contributed by atoms with Crippen LogP contribution in [0, 0.1) is 0 Å². The Labute approximate surface area is 232 Å². The molecule has 7 nitrogen and oxygen atoms in total. The van der Waals surface area contributed by atoms with Gasteiger partial charge in [0.2, 0.25) is 0 Å². The van der Waals surface area contributed by atoms with Crippen molar-refractivity contribution < 1.29 is 0 Å². The zero-order valence-electron chi connectivity index (χ0n) is 22.2. The first-order valence-electron chi connectivity index (χ1n) is 13.2. The van der Waals surface area contributed by atoms with Crippen LogP contribution in [0.3, 0.4) is 0 Å². The number of aromatic nitrogens is 6. The second-order valence-electron chi connectivity index (χ2n) is 9.48. The maximum absolute atomic E-state index is 4.73. The number of aromatic amines is 2. The SMILES string of the molecule is C=C/C(=C\C(=C/C)c1cc2c(-c3cc4c(-c5ccncc5)nccc4[nH]3)n[nH]c2cn1)CNCc1ccccc1. The lowest BCUT2D eigenvalue weighted by atomic mass is 10.0. The van der Waals surface area contributed by atoms with E-state index in [1.807, 2.05) is 49.7 Å². The first-order chi connectivity index (χ1) is 19.7. The Hall–Kier alpha value is -5.14. The molecule has 0 aliphatic heterocycles. The topological polar surface area (TPSA) is 95.2 Å². The van der Waals surface area contributed by atoms with E-state index in [0.717, 1.165) is 67.8 Å². The van der Waals surface area contributed by atoms with E-state index in [1.165, 1.54) is 5.56 Å². The van der Waals surface area contributed by atoms with E-state index in [1.54, 1.807) is 12.4 Å². The molecule has 0 radical (unpaired) electrons. The van der Waals surface area contributed by atoms with E-state index in [4.69, 9.17) is 4.98 Å². The molecule has 0 bridgehead atoms. The zero-order valence-corrected chi connectivity index (χ0v) is 22.2. The Balaban J connectivity index is 1.31. The summed E-state index contributed by atoms with van der Waals surface area (Å²) in [4.78, 5) is 17.0. The minimum atomic E-state index is 0.706. The Kier molecular flexibility index (Phi) is 7.11. The van der Waals surface area contributed by atoms with Crippen molar-refractivity contribution in [2.24, 2.45) is 0 Å². The number of hydrogen-bond acceptors (Lipinski definition) is 5. The van der Waals surface area contributed by atoms with Crippen LogP contribution in [0.4, 0.5) is 0 Å². The molecule has 0 aliphatic carbocycles. The molecule has 0 fully saturated rings. The molecule has 0 saturated carbocycles. The van der Waals surface area contributed by atoms with E-state index in [-0.39, 0.29) is 0 Å². The third-order valence-corrected chi connectivity index (χ3v) is 6.92. The van der Waals surface area contributed by atoms with Gasteiger partial charge in [0.05, 0.1) is 28.8 Å². The summed E-state index contributed by atoms with van der Waals surface area (Å²) in [5.41, 5.74) is 9.77. The fourth-order valence-corrected chi connectivity index (χ4v) is 4.84. The van der Waals surface area contributed by atoms with E-state index < -0.39 is 0 Å². The van der Waals surface area contributed by atoms with Crippen molar-refractivity contribution in [2.75, 3.05) is 6.54 Å². The molecule has 5 aromatic heterocycles. The number of allylic oxidation sites excluding steroid dienone is 3. The quantitative estimate of drug-likeness (QED) is 0.180. The monoisotopic (exact) mass is 523 g/mol. The minimum absolute atomic E-state index is 0.706. The van der Waals surface area contributed by atoms with Crippen molar-refractivity contribution in [3.05, 3.63) is 127 Å². The summed E-state index contributed by atoms with van der Waals surface area (Å²) < 4.78 is 0. The lowest BCUT2D eigenvalue weighted by Crippen LogP contribution is -2.16. The molecule has 0 spiro atoms. The van der Waals surface area contributed by atoms with Crippen LogP contribution in [0.15, 0.2) is 116 Å². The van der Waals surface area contributed by atoms with Crippen molar-refractivity contribution >= 4 is 27.4 Å². The van der Waals surface area contributed by atoms with E-state index >= 15 is 0 Å². The van der Waals surface area contributed by atoms with Crippen LogP contribution < -0.4 is 5.32 Å². The van der Waals surface area contributed by atoms with Crippen molar-refractivity contribution in [1.29, 1.82) is 0 Å². The first-order valence-corrected chi connectivity index (χ1v) is 13.2. The van der Waals surface area contributed by atoms with Gasteiger partial charge in [-0.1, -0.05) is 49.1 Å². The second kappa shape index (κ2) is 11.3. The standard InChI is InChI=1S/C33H29N7/c1-3-22(19-35-20-23-8-6-5-7-9-23)16-24(4-2)29-17-27-31(21-37-29)39-40-33(27)30-18-26-28(38-30)12-15-36-32(26)25-10-13-34-14-11-25/h3-18,21,35,38H,1,19-20H2,2H3,(H,39,40)/b22-16+,24-4+.